The third-order valence-corrected chi connectivity index (χ3v) is 3.31. The Morgan fingerprint density at radius 3 is 2.74 bits per heavy atom. The Morgan fingerprint density at radius 2 is 2.00 bits per heavy atom. The lowest BCUT2D eigenvalue weighted by Crippen LogP contribution is -2.05. The van der Waals surface area contributed by atoms with Crippen LogP contribution >= 0.6 is 23.2 Å². The van der Waals surface area contributed by atoms with Crippen molar-refractivity contribution < 1.29 is 0 Å². The Morgan fingerprint density at radius 1 is 1.16 bits per heavy atom. The van der Waals surface area contributed by atoms with Crippen LogP contribution in [-0.2, 0) is 0 Å². The summed E-state index contributed by atoms with van der Waals surface area (Å²) in [6, 6.07) is 7.66. The van der Waals surface area contributed by atoms with E-state index in [4.69, 9.17) is 23.2 Å². The molecule has 0 atom stereocenters. The Hall–Kier alpha value is -1.52. The molecule has 1 heterocycles. The van der Waals surface area contributed by atoms with Gasteiger partial charge in [0, 0.05) is 17.3 Å². The number of hydrogen-bond donors (Lipinski definition) is 2. The van der Waals surface area contributed by atoms with E-state index in [1.54, 1.807) is 24.4 Å². The van der Waals surface area contributed by atoms with E-state index in [9.17, 15) is 0 Å². The number of anilines is 3. The number of nitrogens with zero attached hydrogens (tertiary/aromatic N) is 2. The molecule has 1 aromatic heterocycles. The van der Waals surface area contributed by atoms with Gasteiger partial charge in [-0.1, -0.05) is 23.2 Å². The Bertz CT molecular complexity index is 599. The first-order valence-electron chi connectivity index (χ1n) is 6.02. The average molecular weight is 295 g/mol. The predicted octanol–water partition coefficient (Wildman–Crippen LogP) is 4.10. The largest absolute Gasteiger partial charge is 0.367 e. The lowest BCUT2D eigenvalue weighted by Gasteiger charge is -2.09. The smallest absolute Gasteiger partial charge is 0.229 e. The summed E-state index contributed by atoms with van der Waals surface area (Å²) in [7, 11) is 0. The van der Waals surface area contributed by atoms with E-state index in [1.165, 1.54) is 12.8 Å². The molecule has 0 amide bonds. The molecule has 2 aromatic rings. The fraction of sp³-hybridized carbons (Fsp3) is 0.231. The summed E-state index contributed by atoms with van der Waals surface area (Å²) in [5.41, 5.74) is 0.731. The summed E-state index contributed by atoms with van der Waals surface area (Å²) in [5.74, 6) is 1.33. The maximum atomic E-state index is 6.10. The first kappa shape index (κ1) is 12.5. The molecule has 6 heteroatoms. The summed E-state index contributed by atoms with van der Waals surface area (Å²) in [5, 5.41) is 7.54. The zero-order valence-electron chi connectivity index (χ0n) is 10.0. The van der Waals surface area contributed by atoms with Crippen LogP contribution in [0.25, 0.3) is 0 Å². The van der Waals surface area contributed by atoms with Crippen molar-refractivity contribution in [3.8, 4) is 0 Å². The Labute approximate surface area is 121 Å². The zero-order valence-corrected chi connectivity index (χ0v) is 11.5. The predicted molar refractivity (Wildman–Crippen MR) is 78.4 cm³/mol. The van der Waals surface area contributed by atoms with Gasteiger partial charge in [0.1, 0.15) is 5.82 Å². The van der Waals surface area contributed by atoms with Gasteiger partial charge in [0.2, 0.25) is 5.95 Å². The molecule has 98 valence electrons. The molecule has 1 saturated carbocycles. The lowest BCUT2D eigenvalue weighted by atomic mass is 10.3. The number of halogens is 2. The summed E-state index contributed by atoms with van der Waals surface area (Å²) in [4.78, 5) is 8.56. The quantitative estimate of drug-likeness (QED) is 0.891. The molecule has 1 fully saturated rings. The second-order valence-corrected chi connectivity index (χ2v) is 5.28. The maximum absolute atomic E-state index is 6.10. The molecule has 0 spiro atoms. The van der Waals surface area contributed by atoms with E-state index < -0.39 is 0 Å². The number of benzene rings is 1. The van der Waals surface area contributed by atoms with Crippen molar-refractivity contribution in [2.24, 2.45) is 0 Å². The molecular weight excluding hydrogens is 283 g/mol. The minimum absolute atomic E-state index is 0.509. The van der Waals surface area contributed by atoms with E-state index >= 15 is 0 Å². The van der Waals surface area contributed by atoms with Crippen molar-refractivity contribution >= 4 is 40.7 Å². The van der Waals surface area contributed by atoms with Gasteiger partial charge in [0.15, 0.2) is 0 Å². The fourth-order valence-electron chi connectivity index (χ4n) is 1.65. The topological polar surface area (TPSA) is 49.8 Å². The van der Waals surface area contributed by atoms with Gasteiger partial charge in [-0.15, -0.1) is 0 Å². The highest BCUT2D eigenvalue weighted by molar-refractivity contribution is 6.36. The second-order valence-electron chi connectivity index (χ2n) is 4.43. The Kier molecular flexibility index (Phi) is 3.44. The molecule has 0 aliphatic heterocycles. The normalized spacial score (nSPS) is 14.2. The minimum Gasteiger partial charge on any atom is -0.367 e. The standard InChI is InChI=1S/C13H12Cl2N4/c14-8-1-4-11(10(15)7-8)18-13-16-6-5-12(19-13)17-9-2-3-9/h1,4-7,9H,2-3H2,(H2,16,17,18,19). The van der Waals surface area contributed by atoms with Gasteiger partial charge >= 0.3 is 0 Å². The maximum Gasteiger partial charge on any atom is 0.229 e. The number of rotatable bonds is 4. The number of nitrogens with one attached hydrogen (secondary N) is 2. The Balaban J connectivity index is 1.78. The molecular formula is C13H12Cl2N4. The van der Waals surface area contributed by atoms with Gasteiger partial charge in [-0.05, 0) is 37.1 Å². The van der Waals surface area contributed by atoms with Gasteiger partial charge in [0.25, 0.3) is 0 Å². The number of aromatic nitrogens is 2. The second kappa shape index (κ2) is 5.23. The van der Waals surface area contributed by atoms with E-state index in [0.717, 1.165) is 11.5 Å². The monoisotopic (exact) mass is 294 g/mol. The lowest BCUT2D eigenvalue weighted by molar-refractivity contribution is 1.08. The third-order valence-electron chi connectivity index (χ3n) is 2.76. The van der Waals surface area contributed by atoms with E-state index in [2.05, 4.69) is 20.6 Å². The van der Waals surface area contributed by atoms with E-state index in [1.807, 2.05) is 6.07 Å². The van der Waals surface area contributed by atoms with Crippen LogP contribution in [0.3, 0.4) is 0 Å². The molecule has 4 nitrogen and oxygen atoms in total. The van der Waals surface area contributed by atoms with Crippen LogP contribution in [0.1, 0.15) is 12.8 Å². The molecule has 2 N–H and O–H groups in total. The third kappa shape index (κ3) is 3.28. The molecule has 0 saturated heterocycles. The van der Waals surface area contributed by atoms with Crippen LogP contribution in [-0.4, -0.2) is 16.0 Å². The number of hydrogen-bond acceptors (Lipinski definition) is 4. The molecule has 19 heavy (non-hydrogen) atoms. The van der Waals surface area contributed by atoms with Gasteiger partial charge in [-0.3, -0.25) is 0 Å². The van der Waals surface area contributed by atoms with Crippen molar-refractivity contribution in [1.29, 1.82) is 0 Å². The van der Waals surface area contributed by atoms with Crippen LogP contribution in [0, 0.1) is 0 Å². The highest BCUT2D eigenvalue weighted by atomic mass is 35.5. The first-order chi connectivity index (χ1) is 9.20. The summed E-state index contributed by atoms with van der Waals surface area (Å²) in [6.07, 6.45) is 4.12. The van der Waals surface area contributed by atoms with Crippen molar-refractivity contribution in [2.45, 2.75) is 18.9 Å². The van der Waals surface area contributed by atoms with Crippen LogP contribution in [0.15, 0.2) is 30.5 Å². The van der Waals surface area contributed by atoms with E-state index in [0.29, 0.717) is 22.0 Å². The molecule has 0 radical (unpaired) electrons. The first-order valence-corrected chi connectivity index (χ1v) is 6.78. The van der Waals surface area contributed by atoms with Crippen LogP contribution in [0.5, 0.6) is 0 Å². The summed E-state index contributed by atoms with van der Waals surface area (Å²) < 4.78 is 0. The highest BCUT2D eigenvalue weighted by Crippen LogP contribution is 2.28. The molecule has 1 aliphatic rings. The van der Waals surface area contributed by atoms with Gasteiger partial charge in [-0.2, -0.15) is 4.98 Å². The van der Waals surface area contributed by atoms with Crippen molar-refractivity contribution in [3.05, 3.63) is 40.5 Å². The SMILES string of the molecule is Clc1ccc(Nc2nccc(NC3CC3)n2)c(Cl)c1. The molecule has 3 rings (SSSR count). The average Bonchev–Trinajstić information content (AvgIpc) is 3.17. The molecule has 1 aliphatic carbocycles. The fourth-order valence-corrected chi connectivity index (χ4v) is 2.10. The summed E-state index contributed by atoms with van der Waals surface area (Å²) >= 11 is 12.0. The highest BCUT2D eigenvalue weighted by Gasteiger charge is 2.21. The molecule has 1 aromatic carbocycles. The van der Waals surface area contributed by atoms with Gasteiger partial charge in [-0.25, -0.2) is 4.98 Å². The zero-order chi connectivity index (χ0) is 13.2. The molecule has 0 unspecified atom stereocenters. The van der Waals surface area contributed by atoms with E-state index in [-0.39, 0.29) is 0 Å². The van der Waals surface area contributed by atoms with Gasteiger partial charge < -0.3 is 10.6 Å². The van der Waals surface area contributed by atoms with Crippen LogP contribution in [0.4, 0.5) is 17.5 Å². The van der Waals surface area contributed by atoms with Crippen molar-refractivity contribution in [2.75, 3.05) is 10.6 Å². The van der Waals surface area contributed by atoms with Crippen molar-refractivity contribution in [3.63, 3.8) is 0 Å². The van der Waals surface area contributed by atoms with Gasteiger partial charge in [0.05, 0.1) is 10.7 Å². The van der Waals surface area contributed by atoms with Crippen LogP contribution in [0.2, 0.25) is 10.0 Å². The minimum atomic E-state index is 0.509. The van der Waals surface area contributed by atoms with Crippen LogP contribution < -0.4 is 10.6 Å². The molecule has 0 bridgehead atoms. The summed E-state index contributed by atoms with van der Waals surface area (Å²) in [6.45, 7) is 0. The van der Waals surface area contributed by atoms with Crippen molar-refractivity contribution in [1.82, 2.24) is 9.97 Å².